The zero-order valence-electron chi connectivity index (χ0n) is 20.3. The maximum Gasteiger partial charge on any atom is 0.245 e. The van der Waals surface area contributed by atoms with Crippen LogP contribution in [0.1, 0.15) is 51.1 Å². The van der Waals surface area contributed by atoms with Gasteiger partial charge in [-0.15, -0.1) is 0 Å². The van der Waals surface area contributed by atoms with Gasteiger partial charge >= 0.3 is 0 Å². The first-order chi connectivity index (χ1) is 16.5. The maximum absolute atomic E-state index is 13.5. The van der Waals surface area contributed by atoms with Crippen LogP contribution in [0.5, 0.6) is 5.75 Å². The van der Waals surface area contributed by atoms with E-state index in [1.54, 1.807) is 0 Å². The zero-order valence-corrected chi connectivity index (χ0v) is 20.3. The second-order valence-electron chi connectivity index (χ2n) is 9.78. The summed E-state index contributed by atoms with van der Waals surface area (Å²) < 4.78 is 5.63. The van der Waals surface area contributed by atoms with Gasteiger partial charge in [-0.3, -0.25) is 9.59 Å². The van der Waals surface area contributed by atoms with Gasteiger partial charge in [0.15, 0.2) is 0 Å². The molecule has 3 aliphatic rings. The van der Waals surface area contributed by atoms with Crippen molar-refractivity contribution in [3.05, 3.63) is 23.9 Å². The third-order valence-corrected chi connectivity index (χ3v) is 7.53. The summed E-state index contributed by atoms with van der Waals surface area (Å²) in [5.41, 5.74) is 1.78. The average molecular weight is 466 g/mol. The van der Waals surface area contributed by atoms with Gasteiger partial charge < -0.3 is 19.4 Å². The van der Waals surface area contributed by atoms with Crippen LogP contribution in [0.3, 0.4) is 0 Å². The van der Waals surface area contributed by atoms with Gasteiger partial charge in [0.1, 0.15) is 11.8 Å². The van der Waals surface area contributed by atoms with Crippen LogP contribution >= 0.6 is 0 Å². The van der Waals surface area contributed by atoms with Crippen molar-refractivity contribution in [2.24, 2.45) is 5.92 Å². The summed E-state index contributed by atoms with van der Waals surface area (Å²) in [4.78, 5) is 41.2. The van der Waals surface area contributed by atoms with E-state index in [1.165, 1.54) is 0 Å². The topological polar surface area (TPSA) is 78.9 Å². The molecule has 3 saturated heterocycles. The minimum absolute atomic E-state index is 0.196. The summed E-state index contributed by atoms with van der Waals surface area (Å²) >= 11 is 0. The van der Waals surface area contributed by atoms with Gasteiger partial charge in [0.05, 0.1) is 17.8 Å². The van der Waals surface area contributed by atoms with Crippen molar-refractivity contribution in [3.63, 3.8) is 0 Å². The monoisotopic (exact) mass is 465 g/mol. The predicted octanol–water partition coefficient (Wildman–Crippen LogP) is 3.17. The van der Waals surface area contributed by atoms with Crippen LogP contribution in [0, 0.1) is 12.8 Å². The summed E-state index contributed by atoms with van der Waals surface area (Å²) in [7, 11) is 0. The molecule has 0 radical (unpaired) electrons. The number of piperidine rings is 1. The molecule has 4 heterocycles. The minimum Gasteiger partial charge on any atom is -0.494 e. The van der Waals surface area contributed by atoms with E-state index >= 15 is 0 Å². The van der Waals surface area contributed by atoms with E-state index in [9.17, 15) is 9.59 Å². The van der Waals surface area contributed by atoms with Crippen molar-refractivity contribution in [2.45, 2.75) is 58.4 Å². The number of carbonyl (C=O) groups excluding carboxylic acids is 2. The van der Waals surface area contributed by atoms with Gasteiger partial charge in [0.2, 0.25) is 17.8 Å². The first kappa shape index (κ1) is 22.9. The number of carbonyl (C=O) groups is 2. The van der Waals surface area contributed by atoms with Gasteiger partial charge in [-0.05, 0) is 70.1 Å². The van der Waals surface area contributed by atoms with Gasteiger partial charge in [0, 0.05) is 44.5 Å². The molecular weight excluding hydrogens is 430 g/mol. The SMILES string of the molecule is CCOc1ccc2nc(N3CCCC3C(=O)N3CCC(CN4CCCC4=O)CC3)nc(C)c2c1. The van der Waals surface area contributed by atoms with Crippen LogP contribution < -0.4 is 9.64 Å². The standard InChI is InChI=1S/C26H35N5O3/c1-3-34-20-8-9-22-21(16-20)18(2)27-26(28-22)31-13-4-6-23(31)25(33)29-14-10-19(11-15-29)17-30-12-5-7-24(30)32/h8-9,16,19,23H,3-7,10-15,17H2,1-2H3. The Morgan fingerprint density at radius 3 is 2.65 bits per heavy atom. The summed E-state index contributed by atoms with van der Waals surface area (Å²) in [6, 6.07) is 5.71. The number of likely N-dealkylation sites (tertiary alicyclic amines) is 2. The van der Waals surface area contributed by atoms with Crippen molar-refractivity contribution in [1.29, 1.82) is 0 Å². The second kappa shape index (κ2) is 9.76. The van der Waals surface area contributed by atoms with E-state index in [-0.39, 0.29) is 11.9 Å². The van der Waals surface area contributed by atoms with Crippen LogP contribution in [-0.4, -0.2) is 77.0 Å². The van der Waals surface area contributed by atoms with E-state index in [1.807, 2.05) is 41.8 Å². The fourth-order valence-electron chi connectivity index (χ4n) is 5.65. The quantitative estimate of drug-likeness (QED) is 0.652. The van der Waals surface area contributed by atoms with E-state index < -0.39 is 0 Å². The Hall–Kier alpha value is -2.90. The average Bonchev–Trinajstić information content (AvgIpc) is 3.49. The number of hydrogen-bond donors (Lipinski definition) is 0. The lowest BCUT2D eigenvalue weighted by Crippen LogP contribution is -2.49. The highest BCUT2D eigenvalue weighted by atomic mass is 16.5. The lowest BCUT2D eigenvalue weighted by molar-refractivity contribution is -0.134. The van der Waals surface area contributed by atoms with E-state index in [0.29, 0.717) is 30.8 Å². The Balaban J connectivity index is 1.26. The molecule has 182 valence electrons. The third-order valence-electron chi connectivity index (χ3n) is 7.53. The molecule has 2 aromatic rings. The van der Waals surface area contributed by atoms with E-state index in [4.69, 9.17) is 14.7 Å². The number of amides is 2. The lowest BCUT2D eigenvalue weighted by Gasteiger charge is -2.36. The number of benzene rings is 1. The lowest BCUT2D eigenvalue weighted by atomic mass is 9.95. The first-order valence-electron chi connectivity index (χ1n) is 12.8. The zero-order chi connectivity index (χ0) is 23.7. The van der Waals surface area contributed by atoms with Crippen LogP contribution in [0.4, 0.5) is 5.95 Å². The van der Waals surface area contributed by atoms with Crippen LogP contribution in [0.2, 0.25) is 0 Å². The Bertz CT molecular complexity index is 1070. The number of ether oxygens (including phenoxy) is 1. The largest absolute Gasteiger partial charge is 0.494 e. The number of fused-ring (bicyclic) bond motifs is 1. The van der Waals surface area contributed by atoms with E-state index in [0.717, 1.165) is 87.2 Å². The van der Waals surface area contributed by atoms with Gasteiger partial charge in [-0.1, -0.05) is 0 Å². The molecule has 1 atom stereocenters. The summed E-state index contributed by atoms with van der Waals surface area (Å²) in [6.45, 7) is 8.67. The first-order valence-corrected chi connectivity index (χ1v) is 12.8. The summed E-state index contributed by atoms with van der Waals surface area (Å²) in [6.07, 6.45) is 5.42. The van der Waals surface area contributed by atoms with Crippen LogP contribution in [-0.2, 0) is 9.59 Å². The molecule has 5 rings (SSSR count). The molecule has 3 fully saturated rings. The van der Waals surface area contributed by atoms with Gasteiger partial charge in [-0.2, -0.15) is 0 Å². The second-order valence-corrected chi connectivity index (χ2v) is 9.78. The van der Waals surface area contributed by atoms with Crippen molar-refractivity contribution in [1.82, 2.24) is 19.8 Å². The smallest absolute Gasteiger partial charge is 0.245 e. The van der Waals surface area contributed by atoms with Crippen molar-refractivity contribution in [2.75, 3.05) is 44.2 Å². The van der Waals surface area contributed by atoms with Gasteiger partial charge in [0.25, 0.3) is 0 Å². The minimum atomic E-state index is -0.198. The summed E-state index contributed by atoms with van der Waals surface area (Å²) in [5, 5.41) is 0.982. The molecule has 1 aromatic heterocycles. The molecule has 0 aliphatic carbocycles. The molecule has 3 aliphatic heterocycles. The highest BCUT2D eigenvalue weighted by Gasteiger charge is 2.37. The molecule has 8 nitrogen and oxygen atoms in total. The Morgan fingerprint density at radius 2 is 1.91 bits per heavy atom. The maximum atomic E-state index is 13.5. The highest BCUT2D eigenvalue weighted by molar-refractivity contribution is 5.87. The normalized spacial score (nSPS) is 21.6. The Morgan fingerprint density at radius 1 is 1.09 bits per heavy atom. The number of anilines is 1. The molecule has 0 N–H and O–H groups in total. The highest BCUT2D eigenvalue weighted by Crippen LogP contribution is 2.30. The molecule has 0 bridgehead atoms. The van der Waals surface area contributed by atoms with Crippen LogP contribution in [0.15, 0.2) is 18.2 Å². The number of rotatable bonds is 6. The summed E-state index contributed by atoms with van der Waals surface area (Å²) in [5.74, 6) is 2.45. The molecule has 8 heteroatoms. The number of hydrogen-bond acceptors (Lipinski definition) is 6. The van der Waals surface area contributed by atoms with Crippen molar-refractivity contribution in [3.8, 4) is 5.75 Å². The number of nitrogens with zero attached hydrogens (tertiary/aromatic N) is 5. The third kappa shape index (κ3) is 4.55. The van der Waals surface area contributed by atoms with Gasteiger partial charge in [-0.25, -0.2) is 9.97 Å². The number of aromatic nitrogens is 2. The predicted molar refractivity (Wildman–Crippen MR) is 131 cm³/mol. The molecular formula is C26H35N5O3. The molecule has 1 unspecified atom stereocenters. The molecule has 1 aromatic carbocycles. The molecule has 34 heavy (non-hydrogen) atoms. The molecule has 0 spiro atoms. The van der Waals surface area contributed by atoms with E-state index in [2.05, 4.69) is 4.90 Å². The fraction of sp³-hybridized carbons (Fsp3) is 0.615. The van der Waals surface area contributed by atoms with Crippen LogP contribution in [0.25, 0.3) is 10.9 Å². The fourth-order valence-corrected chi connectivity index (χ4v) is 5.65. The van der Waals surface area contributed by atoms with Crippen molar-refractivity contribution < 1.29 is 14.3 Å². The number of aryl methyl sites for hydroxylation is 1. The molecule has 0 saturated carbocycles. The Labute approximate surface area is 201 Å². The Kier molecular flexibility index (Phi) is 6.57. The van der Waals surface area contributed by atoms with Crippen molar-refractivity contribution >= 4 is 28.7 Å². The molecule has 2 amide bonds.